The fraction of sp³-hybridized carbons (Fsp3) is 0.333. The SMILES string of the molecule is O=C(Nc1ccc2c(c1)OCO2)N[C@H]1CCC[C@@H](OC(=O)Nc2ccc(F)cc2)C1. The van der Waals surface area contributed by atoms with Gasteiger partial charge in [-0.3, -0.25) is 5.32 Å². The predicted molar refractivity (Wildman–Crippen MR) is 107 cm³/mol. The average molecular weight is 415 g/mol. The van der Waals surface area contributed by atoms with Gasteiger partial charge in [-0.25, -0.2) is 14.0 Å². The van der Waals surface area contributed by atoms with Crippen LogP contribution < -0.4 is 25.4 Å². The minimum atomic E-state index is -0.600. The van der Waals surface area contributed by atoms with Crippen LogP contribution in [0.2, 0.25) is 0 Å². The first-order valence-corrected chi connectivity index (χ1v) is 9.75. The largest absolute Gasteiger partial charge is 0.454 e. The highest BCUT2D eigenvalue weighted by Crippen LogP contribution is 2.34. The molecule has 30 heavy (non-hydrogen) atoms. The Morgan fingerprint density at radius 1 is 0.967 bits per heavy atom. The molecule has 0 aromatic heterocycles. The van der Waals surface area contributed by atoms with Crippen LogP contribution in [0.4, 0.5) is 25.4 Å². The van der Waals surface area contributed by atoms with Crippen LogP contribution in [-0.4, -0.2) is 31.1 Å². The summed E-state index contributed by atoms with van der Waals surface area (Å²) in [6.45, 7) is 0.170. The number of halogens is 1. The van der Waals surface area contributed by atoms with E-state index in [9.17, 15) is 14.0 Å². The molecule has 0 bridgehead atoms. The van der Waals surface area contributed by atoms with E-state index in [0.717, 1.165) is 19.3 Å². The van der Waals surface area contributed by atoms with Crippen LogP contribution in [0.15, 0.2) is 42.5 Å². The van der Waals surface area contributed by atoms with Crippen molar-refractivity contribution < 1.29 is 28.2 Å². The highest BCUT2D eigenvalue weighted by atomic mass is 19.1. The average Bonchev–Trinajstić information content (AvgIpc) is 3.18. The molecule has 0 spiro atoms. The molecular formula is C21H22FN3O5. The minimum absolute atomic E-state index is 0.114. The van der Waals surface area contributed by atoms with Crippen LogP contribution in [0.3, 0.4) is 0 Å². The third-order valence-corrected chi connectivity index (χ3v) is 4.96. The van der Waals surface area contributed by atoms with Gasteiger partial charge in [0.15, 0.2) is 11.5 Å². The normalized spacial score (nSPS) is 19.6. The number of amides is 3. The summed E-state index contributed by atoms with van der Waals surface area (Å²) in [6, 6.07) is 10.2. The van der Waals surface area contributed by atoms with E-state index in [0.29, 0.717) is 29.3 Å². The van der Waals surface area contributed by atoms with Crippen LogP contribution in [0.1, 0.15) is 25.7 Å². The second-order valence-electron chi connectivity index (χ2n) is 7.19. The lowest BCUT2D eigenvalue weighted by atomic mass is 9.93. The maximum atomic E-state index is 12.9. The fourth-order valence-electron chi connectivity index (χ4n) is 3.54. The number of anilines is 2. The molecule has 158 valence electrons. The van der Waals surface area contributed by atoms with Gasteiger partial charge in [0.25, 0.3) is 0 Å². The number of nitrogens with one attached hydrogen (secondary N) is 3. The van der Waals surface area contributed by atoms with E-state index < -0.39 is 6.09 Å². The van der Waals surface area contributed by atoms with E-state index >= 15 is 0 Å². The van der Waals surface area contributed by atoms with Crippen LogP contribution >= 0.6 is 0 Å². The van der Waals surface area contributed by atoms with Gasteiger partial charge in [-0.15, -0.1) is 0 Å². The first kappa shape index (κ1) is 19.8. The van der Waals surface area contributed by atoms with Gasteiger partial charge in [0, 0.05) is 29.9 Å². The van der Waals surface area contributed by atoms with E-state index in [1.165, 1.54) is 24.3 Å². The second-order valence-corrected chi connectivity index (χ2v) is 7.19. The van der Waals surface area contributed by atoms with Crippen LogP contribution in [0, 0.1) is 5.82 Å². The highest BCUT2D eigenvalue weighted by molar-refractivity contribution is 5.90. The number of fused-ring (bicyclic) bond motifs is 1. The van der Waals surface area contributed by atoms with Crippen molar-refractivity contribution in [2.24, 2.45) is 0 Å². The number of carbonyl (C=O) groups excluding carboxylic acids is 2. The van der Waals surface area contributed by atoms with Gasteiger partial charge in [-0.2, -0.15) is 0 Å². The molecule has 2 aromatic rings. The smallest absolute Gasteiger partial charge is 0.411 e. The van der Waals surface area contributed by atoms with Gasteiger partial charge in [0.05, 0.1) is 0 Å². The van der Waals surface area contributed by atoms with Crippen molar-refractivity contribution in [3.8, 4) is 11.5 Å². The lowest BCUT2D eigenvalue weighted by Crippen LogP contribution is -2.43. The summed E-state index contributed by atoms with van der Waals surface area (Å²) < 4.78 is 29.0. The number of hydrogen-bond acceptors (Lipinski definition) is 5. The van der Waals surface area contributed by atoms with E-state index in [2.05, 4.69) is 16.0 Å². The lowest BCUT2D eigenvalue weighted by Gasteiger charge is -2.29. The molecule has 0 unspecified atom stereocenters. The maximum absolute atomic E-state index is 12.9. The van der Waals surface area contributed by atoms with Crippen molar-refractivity contribution in [1.29, 1.82) is 0 Å². The second kappa shape index (κ2) is 8.89. The van der Waals surface area contributed by atoms with Crippen molar-refractivity contribution in [2.75, 3.05) is 17.4 Å². The van der Waals surface area contributed by atoms with Crippen molar-refractivity contribution in [3.63, 3.8) is 0 Å². The minimum Gasteiger partial charge on any atom is -0.454 e. The zero-order valence-electron chi connectivity index (χ0n) is 16.2. The summed E-state index contributed by atoms with van der Waals surface area (Å²) in [7, 11) is 0. The number of hydrogen-bond donors (Lipinski definition) is 3. The summed E-state index contributed by atoms with van der Waals surface area (Å²) >= 11 is 0. The summed E-state index contributed by atoms with van der Waals surface area (Å²) in [4.78, 5) is 24.4. The van der Waals surface area contributed by atoms with Crippen LogP contribution in [0.25, 0.3) is 0 Å². The Kier molecular flexibility index (Phi) is 5.87. The zero-order valence-corrected chi connectivity index (χ0v) is 16.2. The van der Waals surface area contributed by atoms with Crippen molar-refractivity contribution >= 4 is 23.5 Å². The summed E-state index contributed by atoms with van der Waals surface area (Å²) in [5, 5.41) is 8.27. The van der Waals surface area contributed by atoms with Gasteiger partial charge in [-0.05, 0) is 55.7 Å². The molecule has 1 aliphatic heterocycles. The first-order valence-electron chi connectivity index (χ1n) is 9.75. The molecule has 3 N–H and O–H groups in total. The van der Waals surface area contributed by atoms with Gasteiger partial charge >= 0.3 is 12.1 Å². The van der Waals surface area contributed by atoms with Gasteiger partial charge in [-0.1, -0.05) is 0 Å². The van der Waals surface area contributed by atoms with Gasteiger partial charge in [0.1, 0.15) is 11.9 Å². The number of ether oxygens (including phenoxy) is 3. The van der Waals surface area contributed by atoms with Gasteiger partial charge < -0.3 is 24.8 Å². The fourth-order valence-corrected chi connectivity index (χ4v) is 3.54. The van der Waals surface area contributed by atoms with Crippen LogP contribution in [-0.2, 0) is 4.74 Å². The molecule has 1 saturated carbocycles. The van der Waals surface area contributed by atoms with E-state index in [1.54, 1.807) is 18.2 Å². The third-order valence-electron chi connectivity index (χ3n) is 4.96. The highest BCUT2D eigenvalue weighted by Gasteiger charge is 2.26. The molecule has 0 saturated heterocycles. The Bertz CT molecular complexity index is 921. The zero-order chi connectivity index (χ0) is 20.9. The molecule has 2 aliphatic rings. The molecule has 3 amide bonds. The molecule has 2 aromatic carbocycles. The molecule has 0 radical (unpaired) electrons. The number of urea groups is 1. The molecule has 1 heterocycles. The van der Waals surface area contributed by atoms with Gasteiger partial charge in [0.2, 0.25) is 6.79 Å². The molecule has 9 heteroatoms. The van der Waals surface area contributed by atoms with Crippen molar-refractivity contribution in [1.82, 2.24) is 5.32 Å². The number of rotatable bonds is 4. The Balaban J connectivity index is 1.24. The standard InChI is InChI=1S/C21H22FN3O5/c22-13-4-6-14(7-5-13)25-21(27)30-17-3-1-2-15(10-17)23-20(26)24-16-8-9-18-19(11-16)29-12-28-18/h4-9,11,15,17H,1-3,10,12H2,(H,25,27)(H2,23,24,26)/t15-,17+/m0/s1. The Labute approximate surface area is 172 Å². The molecular weight excluding hydrogens is 393 g/mol. The summed E-state index contributed by atoms with van der Waals surface area (Å²) in [5.41, 5.74) is 1.05. The summed E-state index contributed by atoms with van der Waals surface area (Å²) in [6.07, 6.45) is 1.95. The number of benzene rings is 2. The maximum Gasteiger partial charge on any atom is 0.411 e. The predicted octanol–water partition coefficient (Wildman–Crippen LogP) is 4.24. The molecule has 4 rings (SSSR count). The molecule has 8 nitrogen and oxygen atoms in total. The summed E-state index contributed by atoms with van der Waals surface area (Å²) in [5.74, 6) is 0.854. The van der Waals surface area contributed by atoms with Crippen LogP contribution in [0.5, 0.6) is 11.5 Å². The quantitative estimate of drug-likeness (QED) is 0.694. The van der Waals surface area contributed by atoms with Crippen molar-refractivity contribution in [3.05, 3.63) is 48.3 Å². The van der Waals surface area contributed by atoms with E-state index in [4.69, 9.17) is 14.2 Å². The first-order chi connectivity index (χ1) is 14.5. The van der Waals surface area contributed by atoms with Crippen molar-refractivity contribution in [2.45, 2.75) is 37.8 Å². The Morgan fingerprint density at radius 2 is 1.73 bits per heavy atom. The molecule has 1 fully saturated rings. The molecule has 1 aliphatic carbocycles. The Morgan fingerprint density at radius 3 is 2.57 bits per heavy atom. The monoisotopic (exact) mass is 415 g/mol. The third kappa shape index (κ3) is 5.11. The topological polar surface area (TPSA) is 97.9 Å². The molecule has 2 atom stereocenters. The Hall–Kier alpha value is -3.49. The van der Waals surface area contributed by atoms with E-state index in [-0.39, 0.29) is 30.8 Å². The van der Waals surface area contributed by atoms with E-state index in [1.807, 2.05) is 0 Å². The lowest BCUT2D eigenvalue weighted by molar-refractivity contribution is 0.0779. The number of carbonyl (C=O) groups is 2.